The van der Waals surface area contributed by atoms with Gasteiger partial charge in [0, 0.05) is 17.2 Å². The third kappa shape index (κ3) is 3.05. The smallest absolute Gasteiger partial charge is 0.286 e. The summed E-state index contributed by atoms with van der Waals surface area (Å²) in [5.74, 6) is -0.258. The Hall–Kier alpha value is -1.47. The lowest BCUT2D eigenvalue weighted by molar-refractivity contribution is 0.102. The maximum atomic E-state index is 11.9. The molecule has 1 amide bonds. The van der Waals surface area contributed by atoms with Crippen molar-refractivity contribution in [2.75, 3.05) is 17.7 Å². The summed E-state index contributed by atoms with van der Waals surface area (Å²) in [6.07, 6.45) is 0. The van der Waals surface area contributed by atoms with E-state index in [-0.39, 0.29) is 5.91 Å². The van der Waals surface area contributed by atoms with Crippen molar-refractivity contribution in [3.63, 3.8) is 0 Å². The van der Waals surface area contributed by atoms with Gasteiger partial charge in [-0.2, -0.15) is 0 Å². The second-order valence-electron chi connectivity index (χ2n) is 3.63. The minimum absolute atomic E-state index is 0.258. The van der Waals surface area contributed by atoms with Crippen LogP contribution in [0.25, 0.3) is 0 Å². The van der Waals surface area contributed by atoms with Crippen LogP contribution in [0, 0.1) is 6.92 Å². The van der Waals surface area contributed by atoms with Crippen molar-refractivity contribution in [1.29, 1.82) is 0 Å². The minimum Gasteiger partial charge on any atom is -0.363 e. The molecule has 0 radical (unpaired) electrons. The molecule has 0 saturated heterocycles. The first-order chi connectivity index (χ1) is 8.58. The van der Waals surface area contributed by atoms with Gasteiger partial charge in [0.2, 0.25) is 10.1 Å². The molecular weight excluding hydrogens is 316 g/mol. The first-order valence-corrected chi connectivity index (χ1v) is 6.79. The molecule has 1 heterocycles. The molecule has 0 bridgehead atoms. The number of halogens is 1. The maximum Gasteiger partial charge on any atom is 0.286 e. The van der Waals surface area contributed by atoms with Gasteiger partial charge in [0.1, 0.15) is 0 Å². The summed E-state index contributed by atoms with van der Waals surface area (Å²) >= 11 is 4.60. The molecule has 2 aromatic rings. The molecule has 0 spiro atoms. The Morgan fingerprint density at radius 2 is 2.11 bits per heavy atom. The van der Waals surface area contributed by atoms with Crippen LogP contribution >= 0.6 is 27.3 Å². The second kappa shape index (κ2) is 5.45. The lowest BCUT2D eigenvalue weighted by Gasteiger charge is -2.04. The highest BCUT2D eigenvalue weighted by molar-refractivity contribution is 9.10. The molecule has 1 aromatic carbocycles. The Kier molecular flexibility index (Phi) is 3.93. The third-order valence-corrected chi connectivity index (χ3v) is 3.53. The number of benzene rings is 1. The van der Waals surface area contributed by atoms with E-state index >= 15 is 0 Å². The van der Waals surface area contributed by atoms with Gasteiger partial charge in [0.15, 0.2) is 0 Å². The second-order valence-corrected chi connectivity index (χ2v) is 5.53. The molecule has 7 heteroatoms. The van der Waals surface area contributed by atoms with E-state index in [0.717, 1.165) is 15.7 Å². The Morgan fingerprint density at radius 3 is 2.72 bits per heavy atom. The maximum absolute atomic E-state index is 11.9. The van der Waals surface area contributed by atoms with Gasteiger partial charge < -0.3 is 10.6 Å². The van der Waals surface area contributed by atoms with Crippen molar-refractivity contribution < 1.29 is 4.79 Å². The van der Waals surface area contributed by atoms with Crippen LogP contribution in [0.3, 0.4) is 0 Å². The number of rotatable bonds is 3. The molecule has 0 fully saturated rings. The average Bonchev–Trinajstić information content (AvgIpc) is 2.75. The Morgan fingerprint density at radius 1 is 1.33 bits per heavy atom. The van der Waals surface area contributed by atoms with Gasteiger partial charge in [-0.15, -0.1) is 10.2 Å². The predicted octanol–water partition coefficient (Wildman–Crippen LogP) is 2.90. The monoisotopic (exact) mass is 326 g/mol. The van der Waals surface area contributed by atoms with E-state index in [1.807, 2.05) is 25.1 Å². The van der Waals surface area contributed by atoms with Crippen molar-refractivity contribution >= 4 is 44.0 Å². The van der Waals surface area contributed by atoms with Gasteiger partial charge in [-0.3, -0.25) is 4.79 Å². The SMILES string of the molecule is CNc1nnc(C(=O)Nc2cc(C)cc(Br)c2)s1. The zero-order valence-corrected chi connectivity index (χ0v) is 12.2. The number of anilines is 2. The Labute approximate surface area is 117 Å². The summed E-state index contributed by atoms with van der Waals surface area (Å²) in [4.78, 5) is 11.9. The van der Waals surface area contributed by atoms with Gasteiger partial charge in [-0.1, -0.05) is 27.3 Å². The first-order valence-electron chi connectivity index (χ1n) is 5.18. The molecule has 0 unspecified atom stereocenters. The number of nitrogens with zero attached hydrogens (tertiary/aromatic N) is 2. The summed E-state index contributed by atoms with van der Waals surface area (Å²) in [6.45, 7) is 1.96. The normalized spacial score (nSPS) is 10.2. The number of hydrogen-bond acceptors (Lipinski definition) is 5. The fraction of sp³-hybridized carbons (Fsp3) is 0.182. The number of hydrogen-bond donors (Lipinski definition) is 2. The standard InChI is InChI=1S/C11H11BrN4OS/c1-6-3-7(12)5-8(4-6)14-9(17)10-15-16-11(13-2)18-10/h3-5H,1-2H3,(H,13,16)(H,14,17). The van der Waals surface area contributed by atoms with E-state index in [0.29, 0.717) is 10.1 Å². The molecule has 0 atom stereocenters. The largest absolute Gasteiger partial charge is 0.363 e. The number of carbonyl (C=O) groups is 1. The van der Waals surface area contributed by atoms with E-state index in [1.54, 1.807) is 7.05 Å². The van der Waals surface area contributed by atoms with Gasteiger partial charge >= 0.3 is 0 Å². The van der Waals surface area contributed by atoms with Crippen LogP contribution < -0.4 is 10.6 Å². The highest BCUT2D eigenvalue weighted by atomic mass is 79.9. The predicted molar refractivity (Wildman–Crippen MR) is 76.3 cm³/mol. The number of aromatic nitrogens is 2. The average molecular weight is 327 g/mol. The van der Waals surface area contributed by atoms with E-state index < -0.39 is 0 Å². The van der Waals surface area contributed by atoms with E-state index in [4.69, 9.17) is 0 Å². The van der Waals surface area contributed by atoms with Crippen LogP contribution in [0.2, 0.25) is 0 Å². The molecule has 0 saturated carbocycles. The van der Waals surface area contributed by atoms with Crippen LogP contribution in [-0.2, 0) is 0 Å². The Bertz CT molecular complexity index is 564. The van der Waals surface area contributed by atoms with Crippen LogP contribution in [0.1, 0.15) is 15.4 Å². The van der Waals surface area contributed by atoms with Crippen LogP contribution in [0.4, 0.5) is 10.8 Å². The van der Waals surface area contributed by atoms with Gasteiger partial charge in [0.25, 0.3) is 5.91 Å². The fourth-order valence-corrected chi connectivity index (χ4v) is 2.61. The van der Waals surface area contributed by atoms with Crippen molar-refractivity contribution in [2.24, 2.45) is 0 Å². The van der Waals surface area contributed by atoms with Gasteiger partial charge in [-0.25, -0.2) is 0 Å². The summed E-state index contributed by atoms with van der Waals surface area (Å²) in [5.41, 5.74) is 1.79. The zero-order chi connectivity index (χ0) is 13.1. The van der Waals surface area contributed by atoms with Gasteiger partial charge in [-0.05, 0) is 30.7 Å². The molecule has 0 aliphatic rings. The summed E-state index contributed by atoms with van der Waals surface area (Å²) in [7, 11) is 1.74. The van der Waals surface area contributed by atoms with E-state index in [2.05, 4.69) is 36.8 Å². The molecule has 1 aromatic heterocycles. The summed E-state index contributed by atoms with van der Waals surface area (Å²) in [5, 5.41) is 14.2. The molecule has 0 aliphatic heterocycles. The van der Waals surface area contributed by atoms with Gasteiger partial charge in [0.05, 0.1) is 0 Å². The molecular formula is C11H11BrN4OS. The van der Waals surface area contributed by atoms with Crippen LogP contribution in [0.15, 0.2) is 22.7 Å². The lowest BCUT2D eigenvalue weighted by atomic mass is 10.2. The molecule has 94 valence electrons. The molecule has 2 rings (SSSR count). The first kappa shape index (κ1) is 13.0. The highest BCUT2D eigenvalue weighted by Crippen LogP contribution is 2.21. The molecule has 2 N–H and O–H groups in total. The van der Waals surface area contributed by atoms with Crippen molar-refractivity contribution in [3.05, 3.63) is 33.2 Å². The number of aryl methyl sites for hydroxylation is 1. The summed E-state index contributed by atoms with van der Waals surface area (Å²) in [6, 6.07) is 5.70. The molecule has 0 aliphatic carbocycles. The number of nitrogens with one attached hydrogen (secondary N) is 2. The van der Waals surface area contributed by atoms with Crippen molar-refractivity contribution in [3.8, 4) is 0 Å². The lowest BCUT2D eigenvalue weighted by Crippen LogP contribution is -2.11. The van der Waals surface area contributed by atoms with Crippen LogP contribution in [-0.4, -0.2) is 23.2 Å². The fourth-order valence-electron chi connectivity index (χ4n) is 1.41. The van der Waals surface area contributed by atoms with E-state index in [1.165, 1.54) is 11.3 Å². The van der Waals surface area contributed by atoms with Crippen LogP contribution in [0.5, 0.6) is 0 Å². The third-order valence-electron chi connectivity index (χ3n) is 2.13. The molecule has 5 nitrogen and oxygen atoms in total. The summed E-state index contributed by atoms with van der Waals surface area (Å²) < 4.78 is 0.922. The van der Waals surface area contributed by atoms with E-state index in [9.17, 15) is 4.79 Å². The Balaban J connectivity index is 2.15. The van der Waals surface area contributed by atoms with Crippen molar-refractivity contribution in [1.82, 2.24) is 10.2 Å². The number of amides is 1. The zero-order valence-electron chi connectivity index (χ0n) is 9.82. The minimum atomic E-state index is -0.258. The topological polar surface area (TPSA) is 66.9 Å². The molecule has 18 heavy (non-hydrogen) atoms. The quantitative estimate of drug-likeness (QED) is 0.910. The number of carbonyl (C=O) groups excluding carboxylic acids is 1. The van der Waals surface area contributed by atoms with Crippen molar-refractivity contribution in [2.45, 2.75) is 6.92 Å². The highest BCUT2D eigenvalue weighted by Gasteiger charge is 2.12.